The molecule has 0 aromatic carbocycles. The lowest BCUT2D eigenvalue weighted by Gasteiger charge is -2.59. The van der Waals surface area contributed by atoms with Gasteiger partial charge in [-0.1, -0.05) is 94.5 Å². The van der Waals surface area contributed by atoms with Crippen LogP contribution in [-0.4, -0.2) is 59.5 Å². The summed E-state index contributed by atoms with van der Waals surface area (Å²) in [6, 6.07) is 0. The van der Waals surface area contributed by atoms with Crippen LogP contribution < -0.4 is 0 Å². The number of cyclic esters (lactones) is 1. The topological polar surface area (TPSA) is 125 Å². The fourth-order valence-electron chi connectivity index (χ4n) is 13.2. The maximum absolute atomic E-state index is 12.5. The fourth-order valence-corrected chi connectivity index (χ4v) is 13.2. The number of hydrogen-bond donors (Lipinski definition) is 1. The Morgan fingerprint density at radius 1 is 0.682 bits per heavy atom. The molecule has 0 amide bonds. The lowest BCUT2D eigenvalue weighted by molar-refractivity contribution is -0.225. The zero-order chi connectivity index (χ0) is 41.7. The number of aliphatic hydroxyl groups is 1. The van der Waals surface area contributed by atoms with Crippen LogP contribution in [0.4, 0.5) is 0 Å². The van der Waals surface area contributed by atoms with Gasteiger partial charge in [-0.05, 0) is 185 Å². The minimum Gasteiger partial charge on any atom is -0.469 e. The molecule has 396 valence electrons. The fraction of sp³-hybridized carbons (Fsp3) is 0.930. The summed E-state index contributed by atoms with van der Waals surface area (Å²) in [4.78, 5) is 46.6. The van der Waals surface area contributed by atoms with E-state index in [9.17, 15) is 24.3 Å². The van der Waals surface area contributed by atoms with E-state index in [0.717, 1.165) is 69.3 Å². The van der Waals surface area contributed by atoms with Crippen molar-refractivity contribution >= 4 is 23.9 Å². The number of esters is 4. The predicted octanol–water partition coefficient (Wildman–Crippen LogP) is 15.4. The Labute approximate surface area is 410 Å². The molecule has 11 fully saturated rings. The number of fused-ring (bicyclic) bond motifs is 5. The maximum atomic E-state index is 12.5. The molecule has 1 saturated heterocycles. The number of rotatable bonds is 8. The van der Waals surface area contributed by atoms with Crippen LogP contribution in [0.3, 0.4) is 0 Å². The zero-order valence-electron chi connectivity index (χ0n) is 37.3. The molecular formula is C57H114O9. The van der Waals surface area contributed by atoms with Crippen LogP contribution in [0.25, 0.3) is 0 Å². The van der Waals surface area contributed by atoms with Crippen molar-refractivity contribution in [3.63, 3.8) is 0 Å². The molecule has 7 unspecified atom stereocenters. The summed E-state index contributed by atoms with van der Waals surface area (Å²) in [5.74, 6) is 6.64. The third kappa shape index (κ3) is 14.5. The Bertz CT molecular complexity index is 1440. The van der Waals surface area contributed by atoms with Gasteiger partial charge in [0.2, 0.25) is 0 Å². The van der Waals surface area contributed by atoms with Crippen LogP contribution in [0.5, 0.6) is 0 Å². The van der Waals surface area contributed by atoms with Crippen molar-refractivity contribution in [1.29, 1.82) is 0 Å². The van der Waals surface area contributed by atoms with E-state index in [2.05, 4.69) is 18.6 Å². The number of methoxy groups -OCH3 is 1. The second kappa shape index (κ2) is 26.7. The molecule has 0 radical (unpaired) electrons. The monoisotopic (exact) mass is 943 g/mol. The molecule has 66 heavy (non-hydrogen) atoms. The van der Waals surface area contributed by atoms with Gasteiger partial charge >= 0.3 is 23.9 Å². The number of carbonyl (C=O) groups is 4. The van der Waals surface area contributed by atoms with Crippen molar-refractivity contribution in [1.82, 2.24) is 0 Å². The van der Waals surface area contributed by atoms with Crippen LogP contribution in [0.1, 0.15) is 238 Å². The number of ether oxygens (including phenoxy) is 4. The minimum atomic E-state index is -0.555. The van der Waals surface area contributed by atoms with Crippen LogP contribution in [0.15, 0.2) is 0 Å². The van der Waals surface area contributed by atoms with Crippen LogP contribution in [0, 0.1) is 75.9 Å². The summed E-state index contributed by atoms with van der Waals surface area (Å²) >= 11 is 0. The van der Waals surface area contributed by atoms with Crippen molar-refractivity contribution < 1.29 is 43.2 Å². The molecule has 9 heteroatoms. The number of hydrogen-bond acceptors (Lipinski definition) is 9. The van der Waals surface area contributed by atoms with Crippen molar-refractivity contribution in [2.75, 3.05) is 13.7 Å². The van der Waals surface area contributed by atoms with Gasteiger partial charge in [-0.15, -0.1) is 0 Å². The third-order valence-electron chi connectivity index (χ3n) is 17.2. The summed E-state index contributed by atoms with van der Waals surface area (Å²) in [6.07, 6.45) is 18.7. The molecule has 11 aliphatic rings. The molecule has 0 aromatic rings. The quantitative estimate of drug-likeness (QED) is 0.187. The Morgan fingerprint density at radius 2 is 1.12 bits per heavy atom. The molecule has 0 aromatic heterocycles. The van der Waals surface area contributed by atoms with Gasteiger partial charge < -0.3 is 24.1 Å². The lowest BCUT2D eigenvalue weighted by atomic mass is 9.50. The smallest absolute Gasteiger partial charge is 0.312 e. The Kier molecular flexibility index (Phi) is 28.5. The van der Waals surface area contributed by atoms with Crippen molar-refractivity contribution in [2.24, 2.45) is 75.9 Å². The van der Waals surface area contributed by atoms with E-state index in [4.69, 9.17) is 14.2 Å². The molecule has 11 rings (SSSR count). The van der Waals surface area contributed by atoms with Crippen molar-refractivity contribution in [3.05, 3.63) is 0 Å². The van der Waals surface area contributed by atoms with Crippen LogP contribution in [0.2, 0.25) is 0 Å². The standard InChI is InChI=1S/C17H28O2.C16H26O3.C9H12O2.C6H12O2.9CH4/c1-5-16(2,3)15(18)19-17(4)13-7-11-6-12(9-13)10-14(17)8-11;1-4-14(2,3)13(17)19-16-8-11-5-12(9-16)7-15(18,6-11)10-16;10-9-8-6-2-1-5(3-6)7(8)4-11-9;1-4-5(2)6(7)8-3;;;;;;;;;/h11-14H,5-10H2,1-4H3;11-12,18H,4-10H2,1-3H3;5-8H,1-4H2;5H,4H2,1-3H3;9*1H4. The maximum Gasteiger partial charge on any atom is 0.312 e. The summed E-state index contributed by atoms with van der Waals surface area (Å²) in [7, 11) is 1.41. The summed E-state index contributed by atoms with van der Waals surface area (Å²) in [5, 5.41) is 10.6. The molecule has 10 saturated carbocycles. The van der Waals surface area contributed by atoms with Crippen LogP contribution in [-0.2, 0) is 38.1 Å². The average Bonchev–Trinajstić information content (AvgIpc) is 3.88. The molecule has 0 spiro atoms. The van der Waals surface area contributed by atoms with Gasteiger partial charge in [0.15, 0.2) is 0 Å². The summed E-state index contributed by atoms with van der Waals surface area (Å²) in [6.45, 7) is 18.8. The van der Waals surface area contributed by atoms with E-state index in [0.29, 0.717) is 47.8 Å². The zero-order valence-corrected chi connectivity index (χ0v) is 37.3. The van der Waals surface area contributed by atoms with E-state index in [1.54, 1.807) is 0 Å². The van der Waals surface area contributed by atoms with E-state index >= 15 is 0 Å². The molecule has 1 aliphatic heterocycles. The first-order chi connectivity index (χ1) is 26.7. The molecule has 1 N–H and O–H groups in total. The lowest BCUT2D eigenvalue weighted by Crippen LogP contribution is -2.61. The minimum absolute atomic E-state index is 0. The highest BCUT2D eigenvalue weighted by Crippen LogP contribution is 2.61. The van der Waals surface area contributed by atoms with E-state index < -0.39 is 11.0 Å². The third-order valence-corrected chi connectivity index (χ3v) is 17.2. The molecule has 10 bridgehead atoms. The molecule has 10 aliphatic carbocycles. The first-order valence-corrected chi connectivity index (χ1v) is 23.1. The number of carbonyl (C=O) groups excluding carboxylic acids is 4. The molecule has 7 atom stereocenters. The first-order valence-electron chi connectivity index (χ1n) is 23.1. The average molecular weight is 944 g/mol. The van der Waals surface area contributed by atoms with E-state index in [1.165, 1.54) is 64.9 Å². The van der Waals surface area contributed by atoms with Crippen molar-refractivity contribution in [2.45, 2.75) is 255 Å². The van der Waals surface area contributed by atoms with E-state index in [-0.39, 0.29) is 113 Å². The second-order valence-corrected chi connectivity index (χ2v) is 22.1. The van der Waals surface area contributed by atoms with Gasteiger partial charge in [0.25, 0.3) is 0 Å². The van der Waals surface area contributed by atoms with Gasteiger partial charge in [0, 0.05) is 12.3 Å². The van der Waals surface area contributed by atoms with Crippen molar-refractivity contribution in [3.8, 4) is 0 Å². The highest BCUT2D eigenvalue weighted by Gasteiger charge is 2.60. The second-order valence-electron chi connectivity index (χ2n) is 22.1. The molecular weight excluding hydrogens is 829 g/mol. The molecule has 1 heterocycles. The highest BCUT2D eigenvalue weighted by atomic mass is 16.6. The van der Waals surface area contributed by atoms with Crippen LogP contribution >= 0.6 is 0 Å². The Morgan fingerprint density at radius 3 is 1.52 bits per heavy atom. The largest absolute Gasteiger partial charge is 0.469 e. The van der Waals surface area contributed by atoms with E-state index in [1.807, 2.05) is 48.5 Å². The van der Waals surface area contributed by atoms with Gasteiger partial charge in [-0.25, -0.2) is 0 Å². The normalized spacial score (nSPS) is 36.0. The first kappa shape index (κ1) is 70.4. The highest BCUT2D eigenvalue weighted by molar-refractivity contribution is 5.77. The summed E-state index contributed by atoms with van der Waals surface area (Å²) < 4.78 is 21.6. The van der Waals surface area contributed by atoms with Gasteiger partial charge in [-0.2, -0.15) is 0 Å². The predicted molar refractivity (Wildman–Crippen MR) is 279 cm³/mol. The van der Waals surface area contributed by atoms with Gasteiger partial charge in [0.05, 0.1) is 42.0 Å². The Balaban J connectivity index is -0.000000388. The SMILES string of the molecule is C.C.C.C.C.C.C.C.C.CCC(C)(C)C(=O)OC1(C)C2CC3CC(C2)CC1C3.CCC(C)(C)C(=O)OC12CC3CC(CC(O)(C3)C1)C2.CCC(C)C(=O)OC.O=C1OCC2C3CCC(C3)C12. The molecule has 9 nitrogen and oxygen atoms in total. The Hall–Kier alpha value is -2.16. The van der Waals surface area contributed by atoms with Gasteiger partial charge in [-0.3, -0.25) is 19.2 Å². The summed E-state index contributed by atoms with van der Waals surface area (Å²) in [5.41, 5.74) is -1.83. The van der Waals surface area contributed by atoms with Gasteiger partial charge in [0.1, 0.15) is 11.2 Å².